The Hall–Kier alpha value is -1.12. The first-order valence-electron chi connectivity index (χ1n) is 8.44. The number of carbonyl (C=O) groups excluding carboxylic acids is 1. The van der Waals surface area contributed by atoms with E-state index in [2.05, 4.69) is 0 Å². The van der Waals surface area contributed by atoms with E-state index in [1.54, 1.807) is 17.0 Å². The van der Waals surface area contributed by atoms with Gasteiger partial charge in [0.25, 0.3) is 0 Å². The summed E-state index contributed by atoms with van der Waals surface area (Å²) in [6.07, 6.45) is 2.09. The molecule has 1 aliphatic heterocycles. The fourth-order valence-electron chi connectivity index (χ4n) is 3.46. The monoisotopic (exact) mass is 420 g/mol. The van der Waals surface area contributed by atoms with Crippen LogP contribution >= 0.6 is 23.2 Å². The third kappa shape index (κ3) is 4.40. The SMILES string of the molecule is CCC(CC)C(C(N1CCc2cc(Cl)c(Cl)cc2C1)=S(=O)=O)N(O)C=O. The van der Waals surface area contributed by atoms with E-state index in [0.29, 0.717) is 47.5 Å². The summed E-state index contributed by atoms with van der Waals surface area (Å²) in [5.74, 6) is -0.187. The molecule has 1 aliphatic rings. The van der Waals surface area contributed by atoms with E-state index in [-0.39, 0.29) is 17.3 Å². The van der Waals surface area contributed by atoms with Crippen LogP contribution in [0, 0.1) is 5.92 Å². The lowest BCUT2D eigenvalue weighted by Gasteiger charge is -2.36. The van der Waals surface area contributed by atoms with Crippen molar-refractivity contribution in [1.82, 2.24) is 9.96 Å². The number of rotatable bonds is 6. The minimum atomic E-state index is -2.59. The number of hydroxylamine groups is 2. The van der Waals surface area contributed by atoms with Crippen LogP contribution in [0.25, 0.3) is 0 Å². The summed E-state index contributed by atoms with van der Waals surface area (Å²) in [6, 6.07) is 2.61. The Morgan fingerprint density at radius 1 is 1.27 bits per heavy atom. The van der Waals surface area contributed by atoms with E-state index >= 15 is 0 Å². The molecule has 1 N–H and O–H groups in total. The minimum Gasteiger partial charge on any atom is -0.285 e. The van der Waals surface area contributed by atoms with Crippen LogP contribution in [-0.2, 0) is 28.1 Å². The molecule has 1 heterocycles. The van der Waals surface area contributed by atoms with Crippen molar-refractivity contribution in [3.05, 3.63) is 33.3 Å². The highest BCUT2D eigenvalue weighted by molar-refractivity contribution is 7.73. The van der Waals surface area contributed by atoms with Gasteiger partial charge in [-0.1, -0.05) is 49.9 Å². The molecule has 0 aromatic heterocycles. The lowest BCUT2D eigenvalue weighted by molar-refractivity contribution is -0.158. The zero-order valence-electron chi connectivity index (χ0n) is 14.7. The maximum Gasteiger partial charge on any atom is 0.233 e. The van der Waals surface area contributed by atoms with Crippen molar-refractivity contribution in [2.45, 2.75) is 45.7 Å². The van der Waals surface area contributed by atoms with Gasteiger partial charge in [-0.2, -0.15) is 8.42 Å². The molecule has 1 aromatic rings. The van der Waals surface area contributed by atoms with Gasteiger partial charge in [0.1, 0.15) is 11.0 Å². The molecule has 144 valence electrons. The zero-order valence-corrected chi connectivity index (χ0v) is 17.0. The number of nitrogens with zero attached hydrogens (tertiary/aromatic N) is 2. The van der Waals surface area contributed by atoms with Gasteiger partial charge < -0.3 is 0 Å². The van der Waals surface area contributed by atoms with Crippen molar-refractivity contribution in [3.8, 4) is 0 Å². The van der Waals surface area contributed by atoms with Crippen molar-refractivity contribution in [2.75, 3.05) is 6.54 Å². The van der Waals surface area contributed by atoms with Gasteiger partial charge in [-0.3, -0.25) is 14.9 Å². The van der Waals surface area contributed by atoms with Gasteiger partial charge in [0.2, 0.25) is 16.7 Å². The highest BCUT2D eigenvalue weighted by atomic mass is 35.5. The molecule has 0 radical (unpaired) electrons. The highest BCUT2D eigenvalue weighted by Gasteiger charge is 2.35. The van der Waals surface area contributed by atoms with Crippen LogP contribution in [-0.4, -0.2) is 47.6 Å². The third-order valence-corrected chi connectivity index (χ3v) is 6.44. The van der Waals surface area contributed by atoms with Crippen molar-refractivity contribution >= 4 is 44.9 Å². The molecular formula is C17H22Cl2N2O4S. The predicted molar refractivity (Wildman–Crippen MR) is 102 cm³/mol. The van der Waals surface area contributed by atoms with Crippen molar-refractivity contribution < 1.29 is 18.4 Å². The summed E-state index contributed by atoms with van der Waals surface area (Å²) >= 11 is 12.1. The first-order chi connectivity index (χ1) is 12.3. The van der Waals surface area contributed by atoms with Crippen molar-refractivity contribution in [2.24, 2.45) is 5.92 Å². The minimum absolute atomic E-state index is 0.0185. The molecule has 9 heteroatoms. The summed E-state index contributed by atoms with van der Waals surface area (Å²) in [5, 5.41) is 11.4. The fraction of sp³-hybridized carbons (Fsp3) is 0.529. The molecule has 0 aliphatic carbocycles. The number of benzene rings is 1. The lowest BCUT2D eigenvalue weighted by Crippen LogP contribution is -2.52. The fourth-order valence-corrected chi connectivity index (χ4v) is 4.70. The summed E-state index contributed by atoms with van der Waals surface area (Å²) in [6.45, 7) is 4.56. The van der Waals surface area contributed by atoms with Crippen LogP contribution < -0.4 is 0 Å². The molecular weight excluding hydrogens is 399 g/mol. The second kappa shape index (κ2) is 9.19. The van der Waals surface area contributed by atoms with Gasteiger partial charge in [0, 0.05) is 13.1 Å². The standard InChI is InChI=1S/C17H22Cl2N2O4S/c1-3-11(4-2)16(21(23)10-22)17(26(24)25)20-6-5-12-7-14(18)15(19)8-13(12)9-20/h7-8,10-11,16,23H,3-6,9H2,1-2H3. The summed E-state index contributed by atoms with van der Waals surface area (Å²) in [4.78, 5) is 12.9. The second-order valence-electron chi connectivity index (χ2n) is 6.29. The first-order valence-corrected chi connectivity index (χ1v) is 10.3. The van der Waals surface area contributed by atoms with Crippen LogP contribution in [0.1, 0.15) is 37.8 Å². The highest BCUT2D eigenvalue weighted by Crippen LogP contribution is 2.30. The van der Waals surface area contributed by atoms with E-state index in [4.69, 9.17) is 23.2 Å². The quantitative estimate of drug-likeness (QED) is 0.331. The maximum atomic E-state index is 12.1. The third-order valence-electron chi connectivity index (χ3n) is 4.88. The van der Waals surface area contributed by atoms with Crippen LogP contribution in [0.3, 0.4) is 0 Å². The molecule has 2 rings (SSSR count). The Labute approximate surface area is 164 Å². The number of fused-ring (bicyclic) bond motifs is 1. The smallest absolute Gasteiger partial charge is 0.233 e. The summed E-state index contributed by atoms with van der Waals surface area (Å²) in [7, 11) is -2.59. The summed E-state index contributed by atoms with van der Waals surface area (Å²) < 4.78 is 24.1. The molecule has 0 fully saturated rings. The number of hydrogen-bond donors (Lipinski definition) is 1. The van der Waals surface area contributed by atoms with Gasteiger partial charge in [-0.25, -0.2) is 5.06 Å². The average molecular weight is 421 g/mol. The van der Waals surface area contributed by atoms with Gasteiger partial charge in [-0.15, -0.1) is 0 Å². The Balaban J connectivity index is 2.45. The molecule has 0 saturated carbocycles. The summed E-state index contributed by atoms with van der Waals surface area (Å²) in [5.41, 5.74) is 1.90. The van der Waals surface area contributed by atoms with Crippen molar-refractivity contribution in [3.63, 3.8) is 0 Å². The molecule has 1 amide bonds. The molecule has 1 aromatic carbocycles. The van der Waals surface area contributed by atoms with Crippen molar-refractivity contribution in [1.29, 1.82) is 0 Å². The second-order valence-corrected chi connectivity index (χ2v) is 7.99. The van der Waals surface area contributed by atoms with Crippen LogP contribution in [0.15, 0.2) is 12.1 Å². The maximum absolute atomic E-state index is 12.1. The lowest BCUT2D eigenvalue weighted by atomic mass is 9.92. The molecule has 0 saturated heterocycles. The van der Waals surface area contributed by atoms with Crippen LogP contribution in [0.5, 0.6) is 0 Å². The number of amides is 1. The Morgan fingerprint density at radius 2 is 1.85 bits per heavy atom. The molecule has 0 bridgehead atoms. The molecule has 1 atom stereocenters. The molecule has 26 heavy (non-hydrogen) atoms. The number of carbonyl (C=O) groups is 1. The van der Waals surface area contributed by atoms with Gasteiger partial charge in [0.15, 0.2) is 0 Å². The van der Waals surface area contributed by atoms with Gasteiger partial charge in [-0.05, 0) is 35.6 Å². The van der Waals surface area contributed by atoms with Gasteiger partial charge in [0.05, 0.1) is 10.0 Å². The predicted octanol–water partition coefficient (Wildman–Crippen LogP) is 3.01. The number of halogens is 2. The van der Waals surface area contributed by atoms with Gasteiger partial charge >= 0.3 is 0 Å². The largest absolute Gasteiger partial charge is 0.285 e. The Morgan fingerprint density at radius 3 is 2.35 bits per heavy atom. The van der Waals surface area contributed by atoms with E-state index in [1.807, 2.05) is 13.8 Å². The molecule has 6 nitrogen and oxygen atoms in total. The molecule has 1 unspecified atom stereocenters. The van der Waals surface area contributed by atoms with E-state index in [0.717, 1.165) is 11.1 Å². The molecule has 0 spiro atoms. The number of hydrogen-bond acceptors (Lipinski definition) is 4. The Kier molecular flexibility index (Phi) is 7.49. The van der Waals surface area contributed by atoms with E-state index in [1.165, 1.54) is 0 Å². The topological polar surface area (TPSA) is 77.9 Å². The average Bonchev–Trinajstić information content (AvgIpc) is 2.61. The Bertz CT molecular complexity index is 801. The van der Waals surface area contributed by atoms with E-state index < -0.39 is 16.3 Å². The normalized spacial score (nSPS) is 15.5. The van der Waals surface area contributed by atoms with Crippen LogP contribution in [0.4, 0.5) is 0 Å². The first kappa shape index (κ1) is 21.2. The van der Waals surface area contributed by atoms with Crippen LogP contribution in [0.2, 0.25) is 10.0 Å². The zero-order chi connectivity index (χ0) is 19.4. The van der Waals surface area contributed by atoms with E-state index in [9.17, 15) is 18.4 Å².